The minimum atomic E-state index is -3.92. The summed E-state index contributed by atoms with van der Waals surface area (Å²) in [7, 11) is -0.822. The van der Waals surface area contributed by atoms with Gasteiger partial charge in [-0.25, -0.2) is 21.9 Å². The van der Waals surface area contributed by atoms with E-state index in [1.165, 1.54) is 25.4 Å². The number of rotatable bonds is 8. The standard InChI is InChI=1S/C28H23F2N3O5S/c1-33-16-21(19-11-12-31-28(34)27(19)33)20-13-17(7-9-23(20)38-24-10-8-18(29)14-22(24)30)15-32-39(35,36)26-6-4-3-5-25(26)37-2/h3-14,16,32H,15H2,1-2H3,(H,31,34). The molecular weight excluding hydrogens is 528 g/mol. The molecule has 0 bridgehead atoms. The molecule has 200 valence electrons. The van der Waals surface area contributed by atoms with E-state index in [0.29, 0.717) is 33.7 Å². The second kappa shape index (κ2) is 10.4. The average Bonchev–Trinajstić information content (AvgIpc) is 3.26. The molecule has 0 aliphatic carbocycles. The number of methoxy groups -OCH3 is 1. The zero-order valence-electron chi connectivity index (χ0n) is 20.9. The second-order valence-electron chi connectivity index (χ2n) is 8.71. The highest BCUT2D eigenvalue weighted by Crippen LogP contribution is 2.39. The number of ether oxygens (including phenoxy) is 2. The van der Waals surface area contributed by atoms with Gasteiger partial charge in [0.25, 0.3) is 5.56 Å². The van der Waals surface area contributed by atoms with Crippen LogP contribution < -0.4 is 19.8 Å². The predicted molar refractivity (Wildman–Crippen MR) is 142 cm³/mol. The monoisotopic (exact) mass is 551 g/mol. The Morgan fingerprint density at radius 1 is 0.949 bits per heavy atom. The first kappa shape index (κ1) is 26.1. The van der Waals surface area contributed by atoms with Crippen LogP contribution in [0.25, 0.3) is 22.0 Å². The zero-order chi connectivity index (χ0) is 27.7. The van der Waals surface area contributed by atoms with Gasteiger partial charge in [0, 0.05) is 48.6 Å². The van der Waals surface area contributed by atoms with Crippen LogP contribution in [0, 0.1) is 11.6 Å². The number of aromatic nitrogens is 2. The molecule has 0 atom stereocenters. The summed E-state index contributed by atoms with van der Waals surface area (Å²) in [4.78, 5) is 15.1. The predicted octanol–water partition coefficient (Wildman–Crippen LogP) is 5.09. The third-order valence-corrected chi connectivity index (χ3v) is 7.61. The number of hydrogen-bond donors (Lipinski definition) is 2. The SMILES string of the molecule is COc1ccccc1S(=O)(=O)NCc1ccc(Oc2ccc(F)cc2F)c(-c2cn(C)c3c(=O)[nH]ccc23)c1. The van der Waals surface area contributed by atoms with Crippen molar-refractivity contribution in [3.8, 4) is 28.4 Å². The van der Waals surface area contributed by atoms with E-state index in [9.17, 15) is 22.0 Å². The molecule has 0 aliphatic rings. The number of fused-ring (bicyclic) bond motifs is 1. The first-order valence-corrected chi connectivity index (χ1v) is 13.2. The number of aromatic amines is 1. The van der Waals surface area contributed by atoms with Gasteiger partial charge in [0.2, 0.25) is 10.0 Å². The van der Waals surface area contributed by atoms with Crippen molar-refractivity contribution in [3.63, 3.8) is 0 Å². The van der Waals surface area contributed by atoms with Gasteiger partial charge in [0.05, 0.1) is 7.11 Å². The maximum absolute atomic E-state index is 14.4. The Labute approximate surface area is 222 Å². The van der Waals surface area contributed by atoms with Crippen LogP contribution in [0.3, 0.4) is 0 Å². The van der Waals surface area contributed by atoms with Crippen LogP contribution in [0.5, 0.6) is 17.2 Å². The van der Waals surface area contributed by atoms with E-state index in [1.807, 2.05) is 0 Å². The molecule has 8 nitrogen and oxygen atoms in total. The van der Waals surface area contributed by atoms with Crippen LogP contribution in [0.1, 0.15) is 5.56 Å². The number of pyridine rings is 1. The van der Waals surface area contributed by atoms with Crippen molar-refractivity contribution in [1.82, 2.24) is 14.3 Å². The minimum Gasteiger partial charge on any atom is -0.495 e. The van der Waals surface area contributed by atoms with E-state index in [4.69, 9.17) is 9.47 Å². The molecule has 0 aliphatic heterocycles. The van der Waals surface area contributed by atoms with Gasteiger partial charge in [-0.1, -0.05) is 18.2 Å². The van der Waals surface area contributed by atoms with Crippen LogP contribution in [-0.2, 0) is 23.6 Å². The molecule has 5 rings (SSSR count). The third-order valence-electron chi connectivity index (χ3n) is 6.17. The van der Waals surface area contributed by atoms with Gasteiger partial charge < -0.3 is 19.0 Å². The summed E-state index contributed by atoms with van der Waals surface area (Å²) in [6.07, 6.45) is 3.24. The summed E-state index contributed by atoms with van der Waals surface area (Å²) in [6.45, 7) is -0.0794. The summed E-state index contributed by atoms with van der Waals surface area (Å²) in [6, 6.07) is 15.8. The van der Waals surface area contributed by atoms with Crippen molar-refractivity contribution in [2.24, 2.45) is 7.05 Å². The van der Waals surface area contributed by atoms with Crippen molar-refractivity contribution in [2.45, 2.75) is 11.4 Å². The Balaban J connectivity index is 1.57. The molecule has 0 saturated heterocycles. The molecule has 11 heteroatoms. The first-order valence-electron chi connectivity index (χ1n) is 11.7. The van der Waals surface area contributed by atoms with Crippen molar-refractivity contribution in [3.05, 3.63) is 107 Å². The molecule has 0 unspecified atom stereocenters. The van der Waals surface area contributed by atoms with Gasteiger partial charge in [-0.15, -0.1) is 0 Å². The summed E-state index contributed by atoms with van der Waals surface area (Å²) in [5.41, 5.74) is 1.76. The first-order chi connectivity index (χ1) is 18.7. The van der Waals surface area contributed by atoms with Crippen molar-refractivity contribution < 1.29 is 26.7 Å². The molecule has 2 heterocycles. The van der Waals surface area contributed by atoms with Crippen molar-refractivity contribution >= 4 is 20.9 Å². The summed E-state index contributed by atoms with van der Waals surface area (Å²) in [5, 5.41) is 0.609. The highest BCUT2D eigenvalue weighted by atomic mass is 32.2. The molecule has 3 aromatic carbocycles. The van der Waals surface area contributed by atoms with Crippen LogP contribution in [-0.4, -0.2) is 25.1 Å². The quantitative estimate of drug-likeness (QED) is 0.280. The van der Waals surface area contributed by atoms with Crippen molar-refractivity contribution in [2.75, 3.05) is 7.11 Å². The lowest BCUT2D eigenvalue weighted by molar-refractivity contribution is 0.402. The number of nitrogens with zero attached hydrogens (tertiary/aromatic N) is 1. The molecule has 5 aromatic rings. The van der Waals surface area contributed by atoms with Gasteiger partial charge in [0.15, 0.2) is 11.6 Å². The maximum atomic E-state index is 14.4. The van der Waals surface area contributed by atoms with Gasteiger partial charge in [-0.3, -0.25) is 4.79 Å². The Hall–Kier alpha value is -4.48. The lowest BCUT2D eigenvalue weighted by Gasteiger charge is -2.15. The zero-order valence-corrected chi connectivity index (χ0v) is 21.7. The summed E-state index contributed by atoms with van der Waals surface area (Å²) < 4.78 is 69.1. The van der Waals surface area contributed by atoms with E-state index in [2.05, 4.69) is 9.71 Å². The smallest absolute Gasteiger partial charge is 0.272 e. The highest BCUT2D eigenvalue weighted by Gasteiger charge is 2.21. The van der Waals surface area contributed by atoms with Gasteiger partial charge in [-0.05, 0) is 48.0 Å². The number of aryl methyl sites for hydroxylation is 1. The molecule has 2 aromatic heterocycles. The fraction of sp³-hybridized carbons (Fsp3) is 0.107. The lowest BCUT2D eigenvalue weighted by atomic mass is 10.0. The molecule has 0 spiro atoms. The second-order valence-corrected chi connectivity index (χ2v) is 10.4. The number of sulfonamides is 1. The Morgan fingerprint density at radius 2 is 1.72 bits per heavy atom. The number of hydrogen-bond acceptors (Lipinski definition) is 5. The van der Waals surface area contributed by atoms with Crippen molar-refractivity contribution in [1.29, 1.82) is 0 Å². The number of para-hydroxylation sites is 1. The molecule has 0 amide bonds. The Kier molecular flexibility index (Phi) is 6.94. The van der Waals surface area contributed by atoms with Crippen LogP contribution in [0.2, 0.25) is 0 Å². The van der Waals surface area contributed by atoms with Crippen LogP contribution in [0.4, 0.5) is 8.78 Å². The number of benzene rings is 3. The number of H-pyrrole nitrogens is 1. The fourth-order valence-corrected chi connectivity index (χ4v) is 5.53. The van der Waals surface area contributed by atoms with Crippen LogP contribution >= 0.6 is 0 Å². The maximum Gasteiger partial charge on any atom is 0.272 e. The van der Waals surface area contributed by atoms with Gasteiger partial charge in [-0.2, -0.15) is 0 Å². The van der Waals surface area contributed by atoms with E-state index in [0.717, 1.165) is 6.07 Å². The van der Waals surface area contributed by atoms with Gasteiger partial charge >= 0.3 is 0 Å². The minimum absolute atomic E-state index is 0.00672. The normalized spacial score (nSPS) is 11.6. The van der Waals surface area contributed by atoms with Crippen LogP contribution in [0.15, 0.2) is 88.8 Å². The fourth-order valence-electron chi connectivity index (χ4n) is 4.34. The summed E-state index contributed by atoms with van der Waals surface area (Å²) in [5.74, 6) is -1.39. The molecular formula is C28H23F2N3O5S. The topological polar surface area (TPSA) is 102 Å². The van der Waals surface area contributed by atoms with E-state index in [1.54, 1.807) is 60.3 Å². The summed E-state index contributed by atoms with van der Waals surface area (Å²) >= 11 is 0. The molecule has 39 heavy (non-hydrogen) atoms. The van der Waals surface area contributed by atoms with E-state index < -0.39 is 21.7 Å². The molecule has 2 N–H and O–H groups in total. The highest BCUT2D eigenvalue weighted by molar-refractivity contribution is 7.89. The number of nitrogens with one attached hydrogen (secondary N) is 2. The lowest BCUT2D eigenvalue weighted by Crippen LogP contribution is -2.23. The molecule has 0 fully saturated rings. The third kappa shape index (κ3) is 5.14. The Morgan fingerprint density at radius 3 is 2.49 bits per heavy atom. The average molecular weight is 552 g/mol. The number of halogens is 2. The molecule has 0 radical (unpaired) electrons. The largest absolute Gasteiger partial charge is 0.495 e. The molecule has 0 saturated carbocycles. The van der Waals surface area contributed by atoms with E-state index >= 15 is 0 Å². The Bertz CT molecular complexity index is 1870. The van der Waals surface area contributed by atoms with E-state index in [-0.39, 0.29) is 34.2 Å². The van der Waals surface area contributed by atoms with Gasteiger partial charge in [0.1, 0.15) is 27.7 Å².